The van der Waals surface area contributed by atoms with E-state index < -0.39 is 9.85 Å². The van der Waals surface area contributed by atoms with Crippen molar-refractivity contribution in [1.82, 2.24) is 10.3 Å². The number of aliphatic imine (C=N–C) groups is 1. The van der Waals surface area contributed by atoms with E-state index in [-0.39, 0.29) is 11.4 Å². The zero-order chi connectivity index (χ0) is 23.4. The molecule has 0 amide bonds. The molecule has 0 fully saturated rings. The van der Waals surface area contributed by atoms with Crippen LogP contribution in [-0.4, -0.2) is 20.7 Å². The largest absolute Gasteiger partial charge is 0.360 e. The third kappa shape index (κ3) is 4.96. The molecule has 10 heteroatoms. The van der Waals surface area contributed by atoms with E-state index in [1.54, 1.807) is 36.6 Å². The molecule has 0 saturated carbocycles. The number of nitrogens with zero attached hydrogens (tertiary/aromatic N) is 3. The number of fused-ring (bicyclic) bond motifs is 1. The highest BCUT2D eigenvalue weighted by atomic mass is 79.9. The van der Waals surface area contributed by atoms with E-state index in [2.05, 4.69) is 31.2 Å². The molecule has 1 aliphatic rings. The van der Waals surface area contributed by atoms with Crippen molar-refractivity contribution in [1.29, 1.82) is 0 Å². The fourth-order valence-electron chi connectivity index (χ4n) is 3.23. The van der Waals surface area contributed by atoms with E-state index in [0.29, 0.717) is 17.1 Å². The van der Waals surface area contributed by atoms with Crippen molar-refractivity contribution < 1.29 is 9.85 Å². The first-order chi connectivity index (χ1) is 15.9. The number of H-pyrrole nitrogens is 1. The summed E-state index contributed by atoms with van der Waals surface area (Å²) in [5.74, 6) is 0.443. The van der Waals surface area contributed by atoms with Gasteiger partial charge < -0.3 is 10.3 Å². The van der Waals surface area contributed by atoms with Crippen LogP contribution in [-0.2, 0) is 0 Å². The Bertz CT molecular complexity index is 1400. The molecule has 0 saturated heterocycles. The van der Waals surface area contributed by atoms with E-state index in [0.717, 1.165) is 20.9 Å². The summed E-state index contributed by atoms with van der Waals surface area (Å²) >= 11 is 3.48. The number of aromatic nitrogens is 1. The number of allylic oxidation sites excluding steroid dienone is 5. The average Bonchev–Trinajstić information content (AvgIpc) is 3.19. The number of halogens is 1. The maximum atomic E-state index is 11.3. The molecule has 164 valence electrons. The molecule has 0 aliphatic carbocycles. The second-order valence-corrected chi connectivity index (χ2v) is 7.84. The Morgan fingerprint density at radius 3 is 2.42 bits per heavy atom. The number of nitro groups is 2. The van der Waals surface area contributed by atoms with Crippen LogP contribution >= 0.6 is 15.9 Å². The van der Waals surface area contributed by atoms with Gasteiger partial charge in [0.1, 0.15) is 5.84 Å². The summed E-state index contributed by atoms with van der Waals surface area (Å²) in [5, 5.41) is 26.5. The minimum atomic E-state index is -0.495. The number of rotatable bonds is 4. The van der Waals surface area contributed by atoms with E-state index in [9.17, 15) is 20.2 Å². The topological polar surface area (TPSA) is 126 Å². The van der Waals surface area contributed by atoms with Gasteiger partial charge in [0, 0.05) is 63.3 Å². The molecule has 2 N–H and O–H groups in total. The van der Waals surface area contributed by atoms with Crippen LogP contribution in [0.25, 0.3) is 16.6 Å². The molecule has 0 atom stereocenters. The van der Waals surface area contributed by atoms with Gasteiger partial charge in [-0.25, -0.2) is 4.99 Å². The van der Waals surface area contributed by atoms with Crippen LogP contribution in [0.3, 0.4) is 0 Å². The number of hydrogen-bond donors (Lipinski definition) is 2. The zero-order valence-electron chi connectivity index (χ0n) is 16.9. The van der Waals surface area contributed by atoms with Crippen molar-refractivity contribution in [2.75, 3.05) is 0 Å². The Hall–Kier alpha value is -4.31. The highest BCUT2D eigenvalue weighted by molar-refractivity contribution is 9.10. The van der Waals surface area contributed by atoms with E-state index in [4.69, 9.17) is 0 Å². The number of aromatic amines is 1. The predicted octanol–water partition coefficient (Wildman–Crippen LogP) is 5.46. The zero-order valence-corrected chi connectivity index (χ0v) is 18.5. The molecule has 3 aromatic rings. The Kier molecular flexibility index (Phi) is 6.27. The monoisotopic (exact) mass is 505 g/mol. The molecule has 1 aromatic heterocycles. The summed E-state index contributed by atoms with van der Waals surface area (Å²) in [4.78, 5) is 29.0. The van der Waals surface area contributed by atoms with Crippen LogP contribution in [0.5, 0.6) is 0 Å². The van der Waals surface area contributed by atoms with Gasteiger partial charge in [-0.2, -0.15) is 0 Å². The second kappa shape index (κ2) is 9.45. The highest BCUT2D eigenvalue weighted by Crippen LogP contribution is 2.25. The first-order valence-electron chi connectivity index (χ1n) is 9.68. The minimum Gasteiger partial charge on any atom is -0.360 e. The summed E-state index contributed by atoms with van der Waals surface area (Å²) in [6.45, 7) is 0. The van der Waals surface area contributed by atoms with Gasteiger partial charge in [-0.1, -0.05) is 28.1 Å². The fourth-order valence-corrected chi connectivity index (χ4v) is 3.59. The van der Waals surface area contributed by atoms with Crippen LogP contribution in [0, 0.1) is 20.2 Å². The molecule has 4 rings (SSSR count). The van der Waals surface area contributed by atoms with E-state index >= 15 is 0 Å². The highest BCUT2D eigenvalue weighted by Gasteiger charge is 2.14. The Morgan fingerprint density at radius 1 is 0.939 bits per heavy atom. The van der Waals surface area contributed by atoms with Crippen molar-refractivity contribution in [3.05, 3.63) is 127 Å². The summed E-state index contributed by atoms with van der Waals surface area (Å²) in [6.07, 6.45) is 10.8. The van der Waals surface area contributed by atoms with Gasteiger partial charge in [-0.05, 0) is 42.0 Å². The Balaban J connectivity index is 1.84. The summed E-state index contributed by atoms with van der Waals surface area (Å²) in [5.41, 5.74) is 2.78. The molecule has 0 spiro atoms. The fraction of sp³-hybridized carbons (Fsp3) is 0. The summed E-state index contributed by atoms with van der Waals surface area (Å²) < 4.78 is 0.885. The second-order valence-electron chi connectivity index (χ2n) is 6.93. The molecule has 2 heterocycles. The lowest BCUT2D eigenvalue weighted by Gasteiger charge is -2.13. The summed E-state index contributed by atoms with van der Waals surface area (Å²) in [6, 6.07) is 11.9. The van der Waals surface area contributed by atoms with Gasteiger partial charge in [0.2, 0.25) is 0 Å². The Labute approximate surface area is 196 Å². The smallest absolute Gasteiger partial charge is 0.270 e. The predicted molar refractivity (Wildman–Crippen MR) is 130 cm³/mol. The van der Waals surface area contributed by atoms with Crippen molar-refractivity contribution in [2.45, 2.75) is 0 Å². The van der Waals surface area contributed by atoms with Crippen LogP contribution in [0.15, 0.2) is 100 Å². The lowest BCUT2D eigenvalue weighted by Crippen LogP contribution is -2.22. The van der Waals surface area contributed by atoms with Crippen molar-refractivity contribution in [3.8, 4) is 0 Å². The van der Waals surface area contributed by atoms with Crippen LogP contribution < -0.4 is 5.32 Å². The molecule has 0 radical (unpaired) electrons. The SMILES string of the molecule is O=[N+]([O-])C1=C/C=C/C=C(\c2ccc([N+](=O)[O-])cc2)NC(c2c[nH]c3ccc(Br)cc23)=N/C=C\1. The van der Waals surface area contributed by atoms with Crippen molar-refractivity contribution in [3.63, 3.8) is 0 Å². The van der Waals surface area contributed by atoms with E-state index in [1.165, 1.54) is 30.5 Å². The molecule has 33 heavy (non-hydrogen) atoms. The third-order valence-electron chi connectivity index (χ3n) is 4.84. The molecule has 0 unspecified atom stereocenters. The summed E-state index contributed by atoms with van der Waals surface area (Å²) in [7, 11) is 0. The lowest BCUT2D eigenvalue weighted by atomic mass is 10.1. The standard InChI is InChI=1S/C23H16BrN5O4/c24-16-7-10-22-19(13-16)20(14-26-22)23-25-12-11-17(28(30)31)3-1-2-4-21(27-23)15-5-8-18(9-6-15)29(32)33/h1-14,26H,(H,25,27)/b2-1+,12-11-,17-3+,21-4+. The van der Waals surface area contributed by atoms with Crippen LogP contribution in [0.1, 0.15) is 11.1 Å². The number of hydrogen-bond acceptors (Lipinski definition) is 6. The van der Waals surface area contributed by atoms with Crippen molar-refractivity contribution in [2.24, 2.45) is 4.99 Å². The molecule has 9 nitrogen and oxygen atoms in total. The molecular weight excluding hydrogens is 490 g/mol. The lowest BCUT2D eigenvalue weighted by molar-refractivity contribution is -0.419. The first-order valence-corrected chi connectivity index (χ1v) is 10.5. The Morgan fingerprint density at radius 2 is 1.70 bits per heavy atom. The number of nitrogens with one attached hydrogen (secondary N) is 2. The maximum absolute atomic E-state index is 11.3. The van der Waals surface area contributed by atoms with Gasteiger partial charge in [0.05, 0.1) is 9.85 Å². The van der Waals surface area contributed by atoms with Crippen molar-refractivity contribution >= 4 is 44.1 Å². The molecule has 0 bridgehead atoms. The molecule has 2 aromatic carbocycles. The van der Waals surface area contributed by atoms with Gasteiger partial charge in [0.15, 0.2) is 0 Å². The first kappa shape index (κ1) is 21.9. The third-order valence-corrected chi connectivity index (χ3v) is 5.34. The number of nitro benzene ring substituents is 1. The van der Waals surface area contributed by atoms with Crippen LogP contribution in [0.4, 0.5) is 5.69 Å². The number of benzene rings is 2. The van der Waals surface area contributed by atoms with Gasteiger partial charge in [-0.15, -0.1) is 0 Å². The van der Waals surface area contributed by atoms with Gasteiger partial charge >= 0.3 is 0 Å². The van der Waals surface area contributed by atoms with Crippen LogP contribution in [0.2, 0.25) is 0 Å². The average molecular weight is 506 g/mol. The molecular formula is C23H16BrN5O4. The maximum Gasteiger partial charge on any atom is 0.270 e. The quantitative estimate of drug-likeness (QED) is 0.359. The number of amidine groups is 1. The minimum absolute atomic E-state index is 0.0246. The van der Waals surface area contributed by atoms with Gasteiger partial charge in [-0.3, -0.25) is 20.2 Å². The normalized spacial score (nSPS) is 19.1. The van der Waals surface area contributed by atoms with E-state index in [1.807, 2.05) is 18.2 Å². The number of non-ortho nitro benzene ring substituents is 1. The molecule has 1 aliphatic heterocycles. The van der Waals surface area contributed by atoms with Gasteiger partial charge in [0.25, 0.3) is 11.4 Å².